The molecule has 0 heterocycles. The molecule has 2 unspecified atom stereocenters. The highest BCUT2D eigenvalue weighted by molar-refractivity contribution is 7.99. The zero-order valence-corrected chi connectivity index (χ0v) is 12.3. The van der Waals surface area contributed by atoms with E-state index in [4.69, 9.17) is 16.7 Å². The zero-order chi connectivity index (χ0) is 13.7. The van der Waals surface area contributed by atoms with Crippen molar-refractivity contribution in [3.63, 3.8) is 0 Å². The molecule has 0 fully saturated rings. The molecule has 100 valence electrons. The molecule has 18 heavy (non-hydrogen) atoms. The maximum absolute atomic E-state index is 12.0. The lowest BCUT2D eigenvalue weighted by molar-refractivity contribution is 0.0936. The molecular formula is C13H18ClNO2S. The van der Waals surface area contributed by atoms with E-state index in [0.29, 0.717) is 10.6 Å². The fourth-order valence-corrected chi connectivity index (χ4v) is 2.36. The van der Waals surface area contributed by atoms with Crippen LogP contribution in [0.15, 0.2) is 18.2 Å². The predicted molar refractivity (Wildman–Crippen MR) is 77.5 cm³/mol. The number of benzene rings is 1. The molecule has 2 N–H and O–H groups in total. The van der Waals surface area contributed by atoms with Crippen LogP contribution in [0, 0.1) is 6.92 Å². The fraction of sp³-hybridized carbons (Fsp3) is 0.462. The first-order valence-electron chi connectivity index (χ1n) is 5.70. The molecule has 3 nitrogen and oxygen atoms in total. The van der Waals surface area contributed by atoms with E-state index in [1.165, 1.54) is 11.8 Å². The Hall–Kier alpha value is -0.710. The van der Waals surface area contributed by atoms with Gasteiger partial charge in [0.2, 0.25) is 0 Å². The lowest BCUT2D eigenvalue weighted by atomic mass is 10.1. The third-order valence-electron chi connectivity index (χ3n) is 2.83. The third-order valence-corrected chi connectivity index (χ3v) is 4.40. The molecule has 0 aromatic heterocycles. The molecule has 0 saturated carbocycles. The van der Waals surface area contributed by atoms with Crippen molar-refractivity contribution in [1.29, 1.82) is 0 Å². The number of hydrogen-bond acceptors (Lipinski definition) is 3. The molecule has 1 aromatic carbocycles. The van der Waals surface area contributed by atoms with Crippen LogP contribution in [0.4, 0.5) is 0 Å². The van der Waals surface area contributed by atoms with Crippen molar-refractivity contribution < 1.29 is 9.90 Å². The Bertz CT molecular complexity index is 421. The first kappa shape index (κ1) is 15.3. The average Bonchev–Trinajstić information content (AvgIpc) is 2.34. The molecular weight excluding hydrogens is 270 g/mol. The van der Waals surface area contributed by atoms with Crippen molar-refractivity contribution in [3.05, 3.63) is 34.3 Å². The van der Waals surface area contributed by atoms with Crippen molar-refractivity contribution >= 4 is 29.3 Å². The van der Waals surface area contributed by atoms with E-state index >= 15 is 0 Å². The fourth-order valence-electron chi connectivity index (χ4n) is 1.55. The van der Waals surface area contributed by atoms with Gasteiger partial charge in [0, 0.05) is 21.9 Å². The van der Waals surface area contributed by atoms with Crippen LogP contribution in [0.25, 0.3) is 0 Å². The lowest BCUT2D eigenvalue weighted by Crippen LogP contribution is -2.41. The Morgan fingerprint density at radius 1 is 1.56 bits per heavy atom. The molecule has 0 spiro atoms. The van der Waals surface area contributed by atoms with E-state index in [1.54, 1.807) is 12.1 Å². The zero-order valence-electron chi connectivity index (χ0n) is 10.7. The second-order valence-corrected chi connectivity index (χ2v) is 5.67. The van der Waals surface area contributed by atoms with Crippen LogP contribution in [0.5, 0.6) is 0 Å². The minimum absolute atomic E-state index is 0.00475. The summed E-state index contributed by atoms with van der Waals surface area (Å²) >= 11 is 7.52. The minimum atomic E-state index is -0.170. The molecule has 2 atom stereocenters. The predicted octanol–water partition coefficient (Wildman–Crippen LogP) is 2.49. The lowest BCUT2D eigenvalue weighted by Gasteiger charge is -2.21. The van der Waals surface area contributed by atoms with E-state index in [9.17, 15) is 4.79 Å². The molecule has 0 bridgehead atoms. The van der Waals surface area contributed by atoms with Gasteiger partial charge in [0.25, 0.3) is 5.91 Å². The highest BCUT2D eigenvalue weighted by Gasteiger charge is 2.18. The van der Waals surface area contributed by atoms with Gasteiger partial charge in [-0.25, -0.2) is 0 Å². The molecule has 0 aliphatic heterocycles. The maximum Gasteiger partial charge on any atom is 0.251 e. The van der Waals surface area contributed by atoms with Gasteiger partial charge in [-0.2, -0.15) is 11.8 Å². The molecule has 0 aliphatic carbocycles. The first-order chi connectivity index (χ1) is 8.49. The maximum atomic E-state index is 12.0. The van der Waals surface area contributed by atoms with Crippen molar-refractivity contribution in [2.45, 2.75) is 25.1 Å². The summed E-state index contributed by atoms with van der Waals surface area (Å²) < 4.78 is 0. The van der Waals surface area contributed by atoms with Gasteiger partial charge in [0.15, 0.2) is 0 Å². The number of aliphatic hydroxyl groups is 1. The quantitative estimate of drug-likeness (QED) is 0.875. The largest absolute Gasteiger partial charge is 0.395 e. The van der Waals surface area contributed by atoms with Crippen LogP contribution in [-0.4, -0.2) is 35.2 Å². The summed E-state index contributed by atoms with van der Waals surface area (Å²) in [4.78, 5) is 12.0. The van der Waals surface area contributed by atoms with E-state index in [1.807, 2.05) is 26.2 Å². The Morgan fingerprint density at radius 2 is 2.22 bits per heavy atom. The molecule has 1 rings (SSSR count). The van der Waals surface area contributed by atoms with Gasteiger partial charge >= 0.3 is 0 Å². The standard InChI is InChI=1S/C13H18ClNO2S/c1-8-4-5-10(6-11(8)14)13(17)15-9(2)12(7-16)18-3/h4-6,9,12,16H,7H2,1-3H3,(H,15,17). The number of carbonyl (C=O) groups excluding carboxylic acids is 1. The topological polar surface area (TPSA) is 49.3 Å². The van der Waals surface area contributed by atoms with Gasteiger partial charge in [-0.05, 0) is 37.8 Å². The second-order valence-electron chi connectivity index (χ2n) is 4.18. The highest BCUT2D eigenvalue weighted by atomic mass is 35.5. The minimum Gasteiger partial charge on any atom is -0.395 e. The van der Waals surface area contributed by atoms with E-state index in [2.05, 4.69) is 5.32 Å². The first-order valence-corrected chi connectivity index (χ1v) is 7.36. The van der Waals surface area contributed by atoms with Crippen LogP contribution in [-0.2, 0) is 0 Å². The molecule has 5 heteroatoms. The summed E-state index contributed by atoms with van der Waals surface area (Å²) in [5.74, 6) is -0.170. The van der Waals surface area contributed by atoms with Gasteiger partial charge in [0.05, 0.1) is 6.61 Å². The van der Waals surface area contributed by atoms with Crippen LogP contribution in [0.3, 0.4) is 0 Å². The van der Waals surface area contributed by atoms with Crippen molar-refractivity contribution in [2.24, 2.45) is 0 Å². The Labute approximate surface area is 117 Å². The Balaban J connectivity index is 2.73. The van der Waals surface area contributed by atoms with Gasteiger partial charge < -0.3 is 10.4 Å². The Kier molecular flexibility index (Phi) is 5.99. The van der Waals surface area contributed by atoms with Gasteiger partial charge in [-0.3, -0.25) is 4.79 Å². The number of aryl methyl sites for hydroxylation is 1. The smallest absolute Gasteiger partial charge is 0.251 e. The third kappa shape index (κ3) is 3.90. The summed E-state index contributed by atoms with van der Waals surface area (Å²) in [6.07, 6.45) is 1.91. The van der Waals surface area contributed by atoms with E-state index in [0.717, 1.165) is 5.56 Å². The Morgan fingerprint density at radius 3 is 2.72 bits per heavy atom. The SMILES string of the molecule is CSC(CO)C(C)NC(=O)c1ccc(C)c(Cl)c1. The van der Waals surface area contributed by atoms with Gasteiger partial charge in [0.1, 0.15) is 0 Å². The van der Waals surface area contributed by atoms with Gasteiger partial charge in [-0.15, -0.1) is 0 Å². The number of hydrogen-bond donors (Lipinski definition) is 2. The number of thioether (sulfide) groups is 1. The van der Waals surface area contributed by atoms with Crippen molar-refractivity contribution in [2.75, 3.05) is 12.9 Å². The molecule has 0 radical (unpaired) electrons. The van der Waals surface area contributed by atoms with Crippen LogP contribution in [0.1, 0.15) is 22.8 Å². The number of halogens is 1. The average molecular weight is 288 g/mol. The number of rotatable bonds is 5. The van der Waals surface area contributed by atoms with Gasteiger partial charge in [-0.1, -0.05) is 17.7 Å². The molecule has 1 aromatic rings. The number of nitrogens with one attached hydrogen (secondary N) is 1. The second kappa shape index (κ2) is 7.02. The molecule has 0 aliphatic rings. The summed E-state index contributed by atoms with van der Waals surface area (Å²) in [5.41, 5.74) is 1.48. The van der Waals surface area contributed by atoms with Crippen molar-refractivity contribution in [3.8, 4) is 0 Å². The van der Waals surface area contributed by atoms with Crippen molar-refractivity contribution in [1.82, 2.24) is 5.32 Å². The molecule has 1 amide bonds. The van der Waals surface area contributed by atoms with E-state index in [-0.39, 0.29) is 23.8 Å². The summed E-state index contributed by atoms with van der Waals surface area (Å²) in [6.45, 7) is 3.81. The summed E-state index contributed by atoms with van der Waals surface area (Å²) in [6, 6.07) is 5.13. The van der Waals surface area contributed by atoms with E-state index < -0.39 is 0 Å². The highest BCUT2D eigenvalue weighted by Crippen LogP contribution is 2.17. The summed E-state index contributed by atoms with van der Waals surface area (Å²) in [7, 11) is 0. The summed E-state index contributed by atoms with van der Waals surface area (Å²) in [5, 5.41) is 12.6. The monoisotopic (exact) mass is 287 g/mol. The normalized spacial score (nSPS) is 14.1. The van der Waals surface area contributed by atoms with Crippen LogP contribution in [0.2, 0.25) is 5.02 Å². The number of amides is 1. The number of aliphatic hydroxyl groups excluding tert-OH is 1. The molecule has 0 saturated heterocycles. The van der Waals surface area contributed by atoms with Crippen LogP contribution < -0.4 is 5.32 Å². The number of carbonyl (C=O) groups is 1. The van der Waals surface area contributed by atoms with Crippen LogP contribution >= 0.6 is 23.4 Å².